The van der Waals surface area contributed by atoms with Gasteiger partial charge >= 0.3 is 6.09 Å². The van der Waals surface area contributed by atoms with Crippen LogP contribution in [0.2, 0.25) is 25.7 Å². The first-order valence-corrected chi connectivity index (χ1v) is 17.0. The first-order valence-electron chi connectivity index (χ1n) is 13.3. The molecule has 1 aromatic carbocycles. The number of carbonyl (C=O) groups is 1. The molecular weight excluding hydrogens is 500 g/mol. The third kappa shape index (κ3) is 8.09. The first-order chi connectivity index (χ1) is 18.3. The zero-order valence-corrected chi connectivity index (χ0v) is 23.8. The van der Waals surface area contributed by atoms with Gasteiger partial charge in [0.15, 0.2) is 6.73 Å². The minimum absolute atomic E-state index is 0.162. The summed E-state index contributed by atoms with van der Waals surface area (Å²) in [4.78, 5) is 18.4. The lowest BCUT2D eigenvalue weighted by molar-refractivity contribution is 0.0674. The van der Waals surface area contributed by atoms with Gasteiger partial charge in [-0.25, -0.2) is 4.79 Å². The second-order valence-corrected chi connectivity index (χ2v) is 16.5. The van der Waals surface area contributed by atoms with Crippen molar-refractivity contribution in [2.24, 2.45) is 0 Å². The smallest absolute Gasteiger partial charge is 0.412 e. The minimum Gasteiger partial charge on any atom is -0.496 e. The van der Waals surface area contributed by atoms with Crippen LogP contribution in [0.25, 0.3) is 22.5 Å². The third-order valence-corrected chi connectivity index (χ3v) is 8.23. The average Bonchev–Trinajstić information content (AvgIpc) is 3.22. The first kappa shape index (κ1) is 27.7. The number of methoxy groups -OCH3 is 1. The van der Waals surface area contributed by atoms with Crippen molar-refractivity contribution < 1.29 is 19.0 Å². The zero-order chi connectivity index (χ0) is 27.0. The number of amides is 1. The SMILES string of the molecule is COc1ccc(OC(=O)NC2CCCCCC2)cc1-c1cncc(-c2nnn(COCC[Si](C)(C)C)n2)c1. The van der Waals surface area contributed by atoms with Gasteiger partial charge in [0.05, 0.1) is 7.11 Å². The lowest BCUT2D eigenvalue weighted by atomic mass is 10.0. The Hall–Kier alpha value is -3.31. The van der Waals surface area contributed by atoms with E-state index in [-0.39, 0.29) is 12.8 Å². The van der Waals surface area contributed by atoms with Crippen molar-refractivity contribution in [3.05, 3.63) is 36.7 Å². The number of benzene rings is 1. The quantitative estimate of drug-likeness (QED) is 0.204. The molecule has 1 amide bonds. The lowest BCUT2D eigenvalue weighted by Gasteiger charge is -2.16. The normalized spacial score (nSPS) is 14.6. The van der Waals surface area contributed by atoms with Crippen LogP contribution in [0.3, 0.4) is 0 Å². The van der Waals surface area contributed by atoms with Crippen molar-refractivity contribution in [3.63, 3.8) is 0 Å². The van der Waals surface area contributed by atoms with E-state index in [2.05, 4.69) is 45.4 Å². The average molecular weight is 539 g/mol. The maximum atomic E-state index is 12.6. The maximum Gasteiger partial charge on any atom is 0.412 e. The Morgan fingerprint density at radius 2 is 1.84 bits per heavy atom. The molecule has 1 N–H and O–H groups in total. The highest BCUT2D eigenvalue weighted by Crippen LogP contribution is 2.34. The molecule has 0 aliphatic heterocycles. The van der Waals surface area contributed by atoms with Gasteiger partial charge in [-0.3, -0.25) is 4.98 Å². The fourth-order valence-electron chi connectivity index (χ4n) is 4.35. The molecule has 1 fully saturated rings. The number of pyridine rings is 1. The molecule has 4 rings (SSSR count). The molecule has 0 atom stereocenters. The molecule has 0 radical (unpaired) electrons. The van der Waals surface area contributed by atoms with E-state index in [1.54, 1.807) is 37.7 Å². The number of rotatable bonds is 10. The van der Waals surface area contributed by atoms with Crippen LogP contribution in [0.15, 0.2) is 36.7 Å². The Morgan fingerprint density at radius 1 is 1.08 bits per heavy atom. The Balaban J connectivity index is 1.45. The molecule has 3 aromatic rings. The second kappa shape index (κ2) is 13.0. The number of tetrazole rings is 1. The number of nitrogens with zero attached hydrogens (tertiary/aromatic N) is 5. The number of nitrogens with one attached hydrogen (secondary N) is 1. The van der Waals surface area contributed by atoms with E-state index in [4.69, 9.17) is 14.2 Å². The Labute approximate surface area is 225 Å². The Bertz CT molecular complexity index is 1200. The van der Waals surface area contributed by atoms with E-state index >= 15 is 0 Å². The number of carbonyl (C=O) groups excluding carboxylic acids is 1. The summed E-state index contributed by atoms with van der Waals surface area (Å²) in [6, 6.07) is 8.43. The second-order valence-electron chi connectivity index (χ2n) is 10.9. The van der Waals surface area contributed by atoms with E-state index in [1.165, 1.54) is 17.6 Å². The van der Waals surface area contributed by atoms with Crippen LogP contribution in [0.5, 0.6) is 11.5 Å². The largest absolute Gasteiger partial charge is 0.496 e. The molecule has 2 aromatic heterocycles. The molecule has 1 saturated carbocycles. The van der Waals surface area contributed by atoms with Gasteiger partial charge in [-0.05, 0) is 48.4 Å². The third-order valence-electron chi connectivity index (χ3n) is 6.52. The van der Waals surface area contributed by atoms with Gasteiger partial charge < -0.3 is 19.5 Å². The lowest BCUT2D eigenvalue weighted by Crippen LogP contribution is -2.36. The highest BCUT2D eigenvalue weighted by molar-refractivity contribution is 6.76. The standard InChI is InChI=1S/C27H38N6O4Si/c1-35-25-12-11-23(37-27(34)29-22-9-7-5-6-8-10-22)16-24(25)20-15-21(18-28-17-20)26-30-32-33(31-26)19-36-13-14-38(2,3)4/h11-12,15-18,22H,5-10,13-14,19H2,1-4H3,(H,29,34). The molecule has 1 aliphatic rings. The minimum atomic E-state index is -1.16. The molecule has 10 nitrogen and oxygen atoms in total. The van der Waals surface area contributed by atoms with Crippen molar-refractivity contribution in [2.75, 3.05) is 13.7 Å². The van der Waals surface area contributed by atoms with Gasteiger partial charge in [-0.15, -0.1) is 15.0 Å². The van der Waals surface area contributed by atoms with E-state index < -0.39 is 14.2 Å². The fourth-order valence-corrected chi connectivity index (χ4v) is 5.11. The molecule has 11 heteroatoms. The van der Waals surface area contributed by atoms with Crippen LogP contribution in [0.4, 0.5) is 4.79 Å². The molecule has 204 valence electrons. The molecule has 0 unspecified atom stereocenters. The summed E-state index contributed by atoms with van der Waals surface area (Å²) in [7, 11) is 0.447. The van der Waals surface area contributed by atoms with Crippen LogP contribution in [0.1, 0.15) is 38.5 Å². The number of aromatic nitrogens is 5. The van der Waals surface area contributed by atoms with Gasteiger partial charge in [-0.1, -0.05) is 45.3 Å². The summed E-state index contributed by atoms with van der Waals surface area (Å²) in [5.41, 5.74) is 2.22. The zero-order valence-electron chi connectivity index (χ0n) is 22.8. The number of hydrogen-bond donors (Lipinski definition) is 1. The van der Waals surface area contributed by atoms with Crippen molar-refractivity contribution in [3.8, 4) is 34.0 Å². The highest BCUT2D eigenvalue weighted by atomic mass is 28.3. The molecule has 0 saturated heterocycles. The predicted octanol–water partition coefficient (Wildman–Crippen LogP) is 5.53. The molecular formula is C27H38N6O4Si. The molecule has 0 spiro atoms. The van der Waals surface area contributed by atoms with Crippen LogP contribution in [0, 0.1) is 0 Å². The van der Waals surface area contributed by atoms with Crippen molar-refractivity contribution in [2.45, 2.75) is 77.0 Å². The molecule has 38 heavy (non-hydrogen) atoms. The van der Waals surface area contributed by atoms with Crippen molar-refractivity contribution in [1.82, 2.24) is 30.5 Å². The summed E-state index contributed by atoms with van der Waals surface area (Å²) >= 11 is 0. The maximum absolute atomic E-state index is 12.6. The van der Waals surface area contributed by atoms with Crippen LogP contribution in [-0.4, -0.2) is 59.1 Å². The summed E-state index contributed by atoms with van der Waals surface area (Å²) < 4.78 is 16.9. The predicted molar refractivity (Wildman–Crippen MR) is 148 cm³/mol. The van der Waals surface area contributed by atoms with Crippen LogP contribution < -0.4 is 14.8 Å². The summed E-state index contributed by atoms with van der Waals surface area (Å²) in [6.45, 7) is 7.87. The van der Waals surface area contributed by atoms with E-state index in [0.29, 0.717) is 29.5 Å². The molecule has 1 aliphatic carbocycles. The van der Waals surface area contributed by atoms with Crippen molar-refractivity contribution >= 4 is 14.2 Å². The fraction of sp³-hybridized carbons (Fsp3) is 0.519. The number of hydrogen-bond acceptors (Lipinski definition) is 8. The van der Waals surface area contributed by atoms with Crippen molar-refractivity contribution in [1.29, 1.82) is 0 Å². The molecule has 2 heterocycles. The van der Waals surface area contributed by atoms with Gasteiger partial charge in [0.2, 0.25) is 5.82 Å². The summed E-state index contributed by atoms with van der Waals surface area (Å²) in [5, 5.41) is 15.7. The van der Waals surface area contributed by atoms with Gasteiger partial charge in [0.25, 0.3) is 0 Å². The van der Waals surface area contributed by atoms with E-state index in [1.807, 2.05) is 6.07 Å². The number of ether oxygens (including phenoxy) is 3. The molecule has 0 bridgehead atoms. The van der Waals surface area contributed by atoms with Gasteiger partial charge in [0, 0.05) is 49.8 Å². The summed E-state index contributed by atoms with van der Waals surface area (Å²) in [6.07, 6.45) is 9.67. The Kier molecular flexibility index (Phi) is 9.46. The van der Waals surface area contributed by atoms with E-state index in [0.717, 1.165) is 42.9 Å². The van der Waals surface area contributed by atoms with Crippen LogP contribution >= 0.6 is 0 Å². The monoisotopic (exact) mass is 538 g/mol. The Morgan fingerprint density at radius 3 is 2.58 bits per heavy atom. The van der Waals surface area contributed by atoms with Gasteiger partial charge in [0.1, 0.15) is 11.5 Å². The topological polar surface area (TPSA) is 113 Å². The van der Waals surface area contributed by atoms with Crippen LogP contribution in [-0.2, 0) is 11.5 Å². The van der Waals surface area contributed by atoms with E-state index in [9.17, 15) is 4.79 Å². The summed E-state index contributed by atoms with van der Waals surface area (Å²) in [5.74, 6) is 1.51. The highest BCUT2D eigenvalue weighted by Gasteiger charge is 2.18. The van der Waals surface area contributed by atoms with Gasteiger partial charge in [-0.2, -0.15) is 0 Å².